The van der Waals surface area contributed by atoms with Crippen LogP contribution in [0.15, 0.2) is 24.3 Å². The monoisotopic (exact) mass is 338 g/mol. The van der Waals surface area contributed by atoms with Crippen LogP contribution < -0.4 is 10.6 Å². The SMILES string of the molecule is COC(C)(CNC(=O)C(=O)NC1CCCC1)c1cccc(Cl)c1. The van der Waals surface area contributed by atoms with Crippen LogP contribution in [0.25, 0.3) is 0 Å². The third-order valence-electron chi connectivity index (χ3n) is 4.37. The topological polar surface area (TPSA) is 67.4 Å². The van der Waals surface area contributed by atoms with Gasteiger partial charge in [-0.25, -0.2) is 0 Å². The Kier molecular flexibility index (Phi) is 6.02. The van der Waals surface area contributed by atoms with Crippen LogP contribution in [0.3, 0.4) is 0 Å². The molecular weight excluding hydrogens is 316 g/mol. The van der Waals surface area contributed by atoms with Crippen molar-refractivity contribution < 1.29 is 14.3 Å². The fourth-order valence-electron chi connectivity index (χ4n) is 2.76. The van der Waals surface area contributed by atoms with Gasteiger partial charge in [0.05, 0.1) is 6.54 Å². The third-order valence-corrected chi connectivity index (χ3v) is 4.60. The number of rotatable bonds is 5. The second kappa shape index (κ2) is 7.79. The summed E-state index contributed by atoms with van der Waals surface area (Å²) in [6.45, 7) is 2.02. The van der Waals surface area contributed by atoms with Crippen molar-refractivity contribution in [3.05, 3.63) is 34.9 Å². The van der Waals surface area contributed by atoms with Crippen LogP contribution in [0.1, 0.15) is 38.2 Å². The Bertz CT molecular complexity index is 573. The molecule has 1 aromatic rings. The molecular formula is C17H23ClN2O3. The Labute approximate surface area is 141 Å². The van der Waals surface area contributed by atoms with E-state index in [0.29, 0.717) is 5.02 Å². The Hall–Kier alpha value is -1.59. The first-order valence-electron chi connectivity index (χ1n) is 7.84. The first kappa shape index (κ1) is 17.8. The van der Waals surface area contributed by atoms with Crippen molar-refractivity contribution in [1.29, 1.82) is 0 Å². The van der Waals surface area contributed by atoms with Gasteiger partial charge in [-0.1, -0.05) is 36.6 Å². The molecule has 2 amide bonds. The number of amides is 2. The number of benzene rings is 1. The molecule has 1 unspecified atom stereocenters. The number of halogens is 1. The van der Waals surface area contributed by atoms with Crippen LogP contribution in [0.2, 0.25) is 5.02 Å². The molecule has 0 saturated heterocycles. The molecule has 1 aromatic carbocycles. The summed E-state index contributed by atoms with van der Waals surface area (Å²) >= 11 is 6.01. The van der Waals surface area contributed by atoms with Gasteiger partial charge in [0.25, 0.3) is 0 Å². The maximum Gasteiger partial charge on any atom is 0.309 e. The molecule has 23 heavy (non-hydrogen) atoms. The first-order valence-corrected chi connectivity index (χ1v) is 8.22. The van der Waals surface area contributed by atoms with Crippen LogP contribution in [-0.2, 0) is 19.9 Å². The van der Waals surface area contributed by atoms with Crippen molar-refractivity contribution >= 4 is 23.4 Å². The van der Waals surface area contributed by atoms with Crippen molar-refractivity contribution in [1.82, 2.24) is 10.6 Å². The van der Waals surface area contributed by atoms with E-state index in [1.165, 1.54) is 0 Å². The lowest BCUT2D eigenvalue weighted by molar-refractivity contribution is -0.140. The van der Waals surface area contributed by atoms with Crippen molar-refractivity contribution in [3.8, 4) is 0 Å². The number of hydrogen-bond donors (Lipinski definition) is 2. The first-order chi connectivity index (χ1) is 10.9. The van der Waals surface area contributed by atoms with Gasteiger partial charge < -0.3 is 15.4 Å². The molecule has 0 spiro atoms. The lowest BCUT2D eigenvalue weighted by atomic mass is 9.95. The highest BCUT2D eigenvalue weighted by Crippen LogP contribution is 2.26. The minimum atomic E-state index is -0.756. The van der Waals surface area contributed by atoms with Crippen LogP contribution in [-0.4, -0.2) is 31.5 Å². The van der Waals surface area contributed by atoms with Gasteiger partial charge in [-0.2, -0.15) is 0 Å². The molecule has 2 rings (SSSR count). The molecule has 0 aliphatic heterocycles. The minimum Gasteiger partial charge on any atom is -0.372 e. The molecule has 5 nitrogen and oxygen atoms in total. The van der Waals surface area contributed by atoms with Crippen LogP contribution in [0.4, 0.5) is 0 Å². The smallest absolute Gasteiger partial charge is 0.309 e. The molecule has 1 aliphatic carbocycles. The number of nitrogens with one attached hydrogen (secondary N) is 2. The average Bonchev–Trinajstić information content (AvgIpc) is 3.05. The average molecular weight is 339 g/mol. The molecule has 0 aromatic heterocycles. The predicted molar refractivity (Wildman–Crippen MR) is 89.2 cm³/mol. The van der Waals surface area contributed by atoms with Gasteiger partial charge in [0.2, 0.25) is 0 Å². The highest BCUT2D eigenvalue weighted by atomic mass is 35.5. The van der Waals surface area contributed by atoms with E-state index in [1.807, 2.05) is 19.1 Å². The van der Waals surface area contributed by atoms with Gasteiger partial charge in [0.15, 0.2) is 0 Å². The molecule has 1 fully saturated rings. The Balaban J connectivity index is 1.93. The second-order valence-electron chi connectivity index (χ2n) is 6.08. The van der Waals surface area contributed by atoms with E-state index in [9.17, 15) is 9.59 Å². The fraction of sp³-hybridized carbons (Fsp3) is 0.529. The zero-order valence-corrected chi connectivity index (χ0v) is 14.3. The molecule has 1 saturated carbocycles. The van der Waals surface area contributed by atoms with Crippen molar-refractivity contribution in [2.24, 2.45) is 0 Å². The van der Waals surface area contributed by atoms with E-state index in [-0.39, 0.29) is 12.6 Å². The number of methoxy groups -OCH3 is 1. The standard InChI is InChI=1S/C17H23ClN2O3/c1-17(23-2,12-6-5-7-13(18)10-12)11-19-15(21)16(22)20-14-8-3-4-9-14/h5-7,10,14H,3-4,8-9,11H2,1-2H3,(H,19,21)(H,20,22). The summed E-state index contributed by atoms with van der Waals surface area (Å²) in [6.07, 6.45) is 4.08. The number of carbonyl (C=O) groups is 2. The van der Waals surface area contributed by atoms with Crippen LogP contribution >= 0.6 is 11.6 Å². The number of carbonyl (C=O) groups excluding carboxylic acids is 2. The second-order valence-corrected chi connectivity index (χ2v) is 6.52. The molecule has 1 aliphatic rings. The fourth-order valence-corrected chi connectivity index (χ4v) is 2.95. The van der Waals surface area contributed by atoms with E-state index in [2.05, 4.69) is 10.6 Å². The van der Waals surface area contributed by atoms with Gasteiger partial charge in [-0.3, -0.25) is 9.59 Å². The Morgan fingerprint density at radius 2 is 2.00 bits per heavy atom. The van der Waals surface area contributed by atoms with Crippen LogP contribution in [0, 0.1) is 0 Å². The van der Waals surface area contributed by atoms with E-state index in [4.69, 9.17) is 16.3 Å². The van der Waals surface area contributed by atoms with Gasteiger partial charge >= 0.3 is 11.8 Å². The number of hydrogen-bond acceptors (Lipinski definition) is 3. The minimum absolute atomic E-state index is 0.120. The maximum absolute atomic E-state index is 12.0. The summed E-state index contributed by atoms with van der Waals surface area (Å²) in [4.78, 5) is 23.9. The largest absolute Gasteiger partial charge is 0.372 e. The predicted octanol–water partition coefficient (Wildman–Crippen LogP) is 2.38. The summed E-state index contributed by atoms with van der Waals surface area (Å²) in [7, 11) is 1.56. The summed E-state index contributed by atoms with van der Waals surface area (Å²) in [5, 5.41) is 6.01. The van der Waals surface area contributed by atoms with E-state index >= 15 is 0 Å². The lowest BCUT2D eigenvalue weighted by Gasteiger charge is -2.29. The summed E-state index contributed by atoms with van der Waals surface area (Å²) in [5.41, 5.74) is 0.0813. The Morgan fingerprint density at radius 3 is 2.61 bits per heavy atom. The summed E-state index contributed by atoms with van der Waals surface area (Å²) in [5.74, 6) is -1.22. The van der Waals surface area contributed by atoms with Gasteiger partial charge in [-0.15, -0.1) is 0 Å². The molecule has 2 N–H and O–H groups in total. The number of ether oxygens (including phenoxy) is 1. The third kappa shape index (κ3) is 4.69. The highest BCUT2D eigenvalue weighted by Gasteiger charge is 2.29. The molecule has 0 bridgehead atoms. The zero-order chi connectivity index (χ0) is 16.9. The molecule has 6 heteroatoms. The lowest BCUT2D eigenvalue weighted by Crippen LogP contribution is -2.47. The molecule has 0 heterocycles. The maximum atomic E-state index is 12.0. The van der Waals surface area contributed by atoms with E-state index in [0.717, 1.165) is 31.2 Å². The highest BCUT2D eigenvalue weighted by molar-refractivity contribution is 6.35. The summed E-state index contributed by atoms with van der Waals surface area (Å²) < 4.78 is 5.54. The van der Waals surface area contributed by atoms with Gasteiger partial charge in [0.1, 0.15) is 5.60 Å². The molecule has 1 atom stereocenters. The van der Waals surface area contributed by atoms with Crippen LogP contribution in [0.5, 0.6) is 0 Å². The molecule has 0 radical (unpaired) electrons. The van der Waals surface area contributed by atoms with Gasteiger partial charge in [0, 0.05) is 18.2 Å². The van der Waals surface area contributed by atoms with Crippen molar-refractivity contribution in [2.75, 3.05) is 13.7 Å². The zero-order valence-electron chi connectivity index (χ0n) is 13.5. The van der Waals surface area contributed by atoms with E-state index in [1.54, 1.807) is 19.2 Å². The quantitative estimate of drug-likeness (QED) is 0.810. The normalized spacial score (nSPS) is 17.5. The Morgan fingerprint density at radius 1 is 1.30 bits per heavy atom. The molecule has 126 valence electrons. The summed E-state index contributed by atoms with van der Waals surface area (Å²) in [6, 6.07) is 7.38. The van der Waals surface area contributed by atoms with E-state index < -0.39 is 17.4 Å². The van der Waals surface area contributed by atoms with Gasteiger partial charge in [-0.05, 0) is 37.5 Å². The van der Waals surface area contributed by atoms with Crippen molar-refractivity contribution in [3.63, 3.8) is 0 Å². The van der Waals surface area contributed by atoms with Crippen molar-refractivity contribution in [2.45, 2.75) is 44.2 Å².